The molecule has 0 atom stereocenters. The van der Waals surface area contributed by atoms with E-state index in [9.17, 15) is 4.79 Å². The molecule has 4 rings (SSSR count). The largest absolute Gasteiger partial charge is 0.353 e. The van der Waals surface area contributed by atoms with E-state index in [1.807, 2.05) is 24.3 Å². The number of piperidine rings is 1. The molecule has 0 unspecified atom stereocenters. The van der Waals surface area contributed by atoms with Gasteiger partial charge in [-0.25, -0.2) is 0 Å². The van der Waals surface area contributed by atoms with Crippen molar-refractivity contribution in [3.05, 3.63) is 80.4 Å². The van der Waals surface area contributed by atoms with E-state index in [1.165, 1.54) is 11.8 Å². The maximum atomic E-state index is 12.0. The smallest absolute Gasteiger partial charge is 0.243 e. The van der Waals surface area contributed by atoms with Crippen molar-refractivity contribution in [1.29, 1.82) is 0 Å². The van der Waals surface area contributed by atoms with E-state index in [-0.39, 0.29) is 5.91 Å². The molecule has 5 nitrogen and oxygen atoms in total. The second-order valence-electron chi connectivity index (χ2n) is 9.14. The summed E-state index contributed by atoms with van der Waals surface area (Å²) < 4.78 is 1.10. The third-order valence-electron chi connectivity index (χ3n) is 6.60. The molecule has 1 aliphatic heterocycles. The first-order valence-corrected chi connectivity index (χ1v) is 14.0. The molecule has 0 spiro atoms. The number of carbonyl (C=O) groups is 1. The molecule has 190 valence electrons. The molecule has 0 radical (unpaired) electrons. The zero-order chi connectivity index (χ0) is 25.3. The summed E-state index contributed by atoms with van der Waals surface area (Å²) in [5, 5.41) is 11.8. The molecule has 3 aromatic rings. The maximum absolute atomic E-state index is 12.0. The van der Waals surface area contributed by atoms with E-state index >= 15 is 0 Å². The monoisotopic (exact) mass is 588 g/mol. The van der Waals surface area contributed by atoms with Crippen molar-refractivity contribution < 1.29 is 4.79 Å². The highest BCUT2D eigenvalue weighted by Crippen LogP contribution is 2.36. The van der Waals surface area contributed by atoms with Crippen LogP contribution in [0.5, 0.6) is 0 Å². The van der Waals surface area contributed by atoms with Crippen LogP contribution in [0.15, 0.2) is 59.1 Å². The van der Waals surface area contributed by atoms with Crippen LogP contribution in [0.3, 0.4) is 0 Å². The fourth-order valence-corrected chi connectivity index (χ4v) is 5.58. The number of hydrogen-bond donors (Lipinski definition) is 2. The fourth-order valence-electron chi connectivity index (χ4n) is 4.54. The summed E-state index contributed by atoms with van der Waals surface area (Å²) in [7, 11) is 0. The van der Waals surface area contributed by atoms with E-state index in [0.717, 1.165) is 73.0 Å². The standard InChI is InChI=1S/C28H31BrCl2N4O/c29-26-27(21-7-3-1-4-8-21)33-34-28(26)22-13-17-35(18-14-22)16-6-2-5-15-32-25(36)12-10-20-9-11-23(30)24(31)19-20/h1,3-4,7-12,19,22H,2,5-6,13-18H2,(H,32,36)(H,33,34)/b12-10+. The van der Waals surface area contributed by atoms with Gasteiger partial charge in [0.25, 0.3) is 0 Å². The summed E-state index contributed by atoms with van der Waals surface area (Å²) in [6.07, 6.45) is 8.77. The Labute approximate surface area is 231 Å². The highest BCUT2D eigenvalue weighted by atomic mass is 79.9. The maximum Gasteiger partial charge on any atom is 0.243 e. The van der Waals surface area contributed by atoms with E-state index < -0.39 is 0 Å². The molecule has 2 N–H and O–H groups in total. The van der Waals surface area contributed by atoms with E-state index in [4.69, 9.17) is 23.2 Å². The Morgan fingerprint density at radius 2 is 1.86 bits per heavy atom. The van der Waals surface area contributed by atoms with Gasteiger partial charge in [0.2, 0.25) is 5.91 Å². The summed E-state index contributed by atoms with van der Waals surface area (Å²) in [5.74, 6) is 0.413. The first-order chi connectivity index (χ1) is 17.5. The van der Waals surface area contributed by atoms with Crippen LogP contribution in [0, 0.1) is 0 Å². The average molecular weight is 590 g/mol. The lowest BCUT2D eigenvalue weighted by atomic mass is 9.93. The molecule has 1 amide bonds. The number of rotatable bonds is 10. The molecule has 0 aliphatic carbocycles. The van der Waals surface area contributed by atoms with Crippen LogP contribution in [0.4, 0.5) is 0 Å². The van der Waals surface area contributed by atoms with Gasteiger partial charge >= 0.3 is 0 Å². The fraction of sp³-hybridized carbons (Fsp3) is 0.357. The highest BCUT2D eigenvalue weighted by Gasteiger charge is 2.25. The summed E-state index contributed by atoms with van der Waals surface area (Å²) in [5.41, 5.74) is 4.19. The van der Waals surface area contributed by atoms with Crippen LogP contribution >= 0.6 is 39.1 Å². The molecule has 0 saturated carbocycles. The molecule has 1 aromatic heterocycles. The van der Waals surface area contributed by atoms with E-state index in [2.05, 4.69) is 48.5 Å². The Bertz CT molecular complexity index is 1170. The second kappa shape index (κ2) is 13.4. The Kier molecular flexibility index (Phi) is 10.0. The molecule has 1 saturated heterocycles. The van der Waals surface area contributed by atoms with Crippen molar-refractivity contribution in [3.63, 3.8) is 0 Å². The van der Waals surface area contributed by atoms with Crippen molar-refractivity contribution in [1.82, 2.24) is 20.4 Å². The quantitative estimate of drug-likeness (QED) is 0.192. The molecular weight excluding hydrogens is 559 g/mol. The summed E-state index contributed by atoms with van der Waals surface area (Å²) in [6, 6.07) is 15.6. The summed E-state index contributed by atoms with van der Waals surface area (Å²) in [6.45, 7) is 4.00. The van der Waals surface area contributed by atoms with Crippen LogP contribution in [0.1, 0.15) is 49.3 Å². The number of aromatic amines is 1. The lowest BCUT2D eigenvalue weighted by molar-refractivity contribution is -0.116. The number of halogens is 3. The number of likely N-dealkylation sites (tertiary alicyclic amines) is 1. The first-order valence-electron chi connectivity index (χ1n) is 12.4. The highest BCUT2D eigenvalue weighted by molar-refractivity contribution is 9.10. The number of benzene rings is 2. The number of nitrogens with one attached hydrogen (secondary N) is 2. The van der Waals surface area contributed by atoms with E-state index in [1.54, 1.807) is 18.2 Å². The van der Waals surface area contributed by atoms with Crippen LogP contribution in [0.2, 0.25) is 10.0 Å². The van der Waals surface area contributed by atoms with Gasteiger partial charge in [0.1, 0.15) is 5.69 Å². The predicted molar refractivity (Wildman–Crippen MR) is 152 cm³/mol. The lowest BCUT2D eigenvalue weighted by Crippen LogP contribution is -2.34. The average Bonchev–Trinajstić information content (AvgIpc) is 3.28. The molecular formula is C28H31BrCl2N4O. The molecule has 2 heterocycles. The molecule has 1 fully saturated rings. The molecule has 0 bridgehead atoms. The number of nitrogens with zero attached hydrogens (tertiary/aromatic N) is 2. The number of amides is 1. The molecule has 36 heavy (non-hydrogen) atoms. The Hall–Kier alpha value is -2.12. The van der Waals surface area contributed by atoms with Crippen molar-refractivity contribution >= 4 is 51.1 Å². The van der Waals surface area contributed by atoms with Crippen molar-refractivity contribution in [3.8, 4) is 11.3 Å². The van der Waals surface area contributed by atoms with Crippen LogP contribution in [-0.2, 0) is 4.79 Å². The zero-order valence-corrected chi connectivity index (χ0v) is 23.2. The van der Waals surface area contributed by atoms with Crippen molar-refractivity contribution in [2.75, 3.05) is 26.2 Å². The lowest BCUT2D eigenvalue weighted by Gasteiger charge is -2.31. The second-order valence-corrected chi connectivity index (χ2v) is 10.7. The molecule has 1 aliphatic rings. The van der Waals surface area contributed by atoms with Gasteiger partial charge in [-0.05, 0) is 85.0 Å². The van der Waals surface area contributed by atoms with Gasteiger partial charge in [-0.2, -0.15) is 5.10 Å². The van der Waals surface area contributed by atoms with Crippen molar-refractivity contribution in [2.45, 2.75) is 38.0 Å². The molecule has 2 aromatic carbocycles. The minimum atomic E-state index is -0.0940. The minimum Gasteiger partial charge on any atom is -0.353 e. The van der Waals surface area contributed by atoms with Crippen LogP contribution in [-0.4, -0.2) is 47.2 Å². The van der Waals surface area contributed by atoms with Crippen molar-refractivity contribution in [2.24, 2.45) is 0 Å². The Morgan fingerprint density at radius 1 is 1.08 bits per heavy atom. The van der Waals surface area contributed by atoms with Gasteiger partial charge in [0.05, 0.1) is 20.2 Å². The Morgan fingerprint density at radius 3 is 2.61 bits per heavy atom. The first kappa shape index (κ1) is 26.9. The Balaban J connectivity index is 1.10. The predicted octanol–water partition coefficient (Wildman–Crippen LogP) is 7.33. The summed E-state index contributed by atoms with van der Waals surface area (Å²) in [4.78, 5) is 14.6. The third-order valence-corrected chi connectivity index (χ3v) is 8.14. The van der Waals surface area contributed by atoms with Gasteiger partial charge in [-0.3, -0.25) is 9.89 Å². The van der Waals surface area contributed by atoms with Gasteiger partial charge in [0.15, 0.2) is 0 Å². The number of carbonyl (C=O) groups excluding carboxylic acids is 1. The zero-order valence-electron chi connectivity index (χ0n) is 20.2. The topological polar surface area (TPSA) is 61.0 Å². The minimum absolute atomic E-state index is 0.0940. The number of aromatic nitrogens is 2. The number of unbranched alkanes of at least 4 members (excludes halogenated alkanes) is 2. The normalized spacial score (nSPS) is 15.0. The number of hydrogen-bond acceptors (Lipinski definition) is 3. The SMILES string of the molecule is O=C(/C=C/c1ccc(Cl)c(Cl)c1)NCCCCCN1CCC(c2[nH]nc(-c3ccccc3)c2Br)CC1. The van der Waals surface area contributed by atoms with Gasteiger partial charge in [0, 0.05) is 24.1 Å². The summed E-state index contributed by atoms with van der Waals surface area (Å²) >= 11 is 15.7. The van der Waals surface area contributed by atoms with Gasteiger partial charge < -0.3 is 10.2 Å². The molecule has 8 heteroatoms. The van der Waals surface area contributed by atoms with Gasteiger partial charge in [-0.1, -0.05) is 66.0 Å². The van der Waals surface area contributed by atoms with Crippen LogP contribution < -0.4 is 5.32 Å². The third kappa shape index (κ3) is 7.45. The van der Waals surface area contributed by atoms with Crippen LogP contribution in [0.25, 0.3) is 17.3 Å². The van der Waals surface area contributed by atoms with E-state index in [0.29, 0.717) is 22.5 Å². The van der Waals surface area contributed by atoms with Gasteiger partial charge in [-0.15, -0.1) is 0 Å². The number of H-pyrrole nitrogens is 1.